The molecule has 0 aliphatic rings. The number of nitrogens with one attached hydrogen (secondary N) is 1. The molecule has 18 heavy (non-hydrogen) atoms. The van der Waals surface area contributed by atoms with Crippen molar-refractivity contribution in [2.24, 2.45) is 0 Å². The van der Waals surface area contributed by atoms with Gasteiger partial charge < -0.3 is 15.3 Å². The number of halogens is 2. The third kappa shape index (κ3) is 3.53. The van der Waals surface area contributed by atoms with Crippen LogP contribution in [0.4, 0.5) is 20.4 Å². The largest absolute Gasteiger partial charge is 0.389 e. The van der Waals surface area contributed by atoms with Gasteiger partial charge in [-0.3, -0.25) is 0 Å². The van der Waals surface area contributed by atoms with Crippen LogP contribution in [0.15, 0.2) is 6.07 Å². The van der Waals surface area contributed by atoms with E-state index in [1.165, 1.54) is 7.05 Å². The summed E-state index contributed by atoms with van der Waals surface area (Å²) in [4.78, 5) is 5.46. The van der Waals surface area contributed by atoms with E-state index in [9.17, 15) is 13.9 Å². The van der Waals surface area contributed by atoms with Crippen LogP contribution in [0.3, 0.4) is 0 Å². The molecule has 0 amide bonds. The predicted molar refractivity (Wildman–Crippen MR) is 67.9 cm³/mol. The summed E-state index contributed by atoms with van der Waals surface area (Å²) in [6.45, 7) is 5.73. The van der Waals surface area contributed by atoms with Crippen LogP contribution >= 0.6 is 0 Å². The average Bonchev–Trinajstić information content (AvgIpc) is 2.25. The molecular formula is C12H19F2N3O. The molecule has 0 radical (unpaired) electrons. The molecular weight excluding hydrogens is 240 g/mol. The highest BCUT2D eigenvalue weighted by molar-refractivity contribution is 5.49. The van der Waals surface area contributed by atoms with Crippen LogP contribution in [0, 0.1) is 11.6 Å². The monoisotopic (exact) mass is 259 g/mol. The molecule has 0 unspecified atom stereocenters. The van der Waals surface area contributed by atoms with Crippen LogP contribution in [0.2, 0.25) is 0 Å². The van der Waals surface area contributed by atoms with E-state index in [0.717, 1.165) is 6.07 Å². The van der Waals surface area contributed by atoms with Gasteiger partial charge in [-0.25, -0.2) is 13.8 Å². The molecule has 1 aromatic heterocycles. The van der Waals surface area contributed by atoms with E-state index in [0.29, 0.717) is 6.54 Å². The SMILES string of the molecule is CCN(CC(C)(C)O)c1nc(NC)c(F)cc1F. The smallest absolute Gasteiger partial charge is 0.168 e. The van der Waals surface area contributed by atoms with Gasteiger partial charge in [-0.15, -0.1) is 0 Å². The molecule has 0 saturated heterocycles. The zero-order valence-corrected chi connectivity index (χ0v) is 11.1. The Hall–Kier alpha value is -1.43. The van der Waals surface area contributed by atoms with Gasteiger partial charge in [-0.1, -0.05) is 0 Å². The van der Waals surface area contributed by atoms with E-state index in [1.807, 2.05) is 6.92 Å². The third-order valence-electron chi connectivity index (χ3n) is 2.41. The standard InChI is InChI=1S/C12H19F2N3O/c1-5-17(7-12(2,3)18)11-9(14)6-8(13)10(15-4)16-11/h6,18H,5,7H2,1-4H3,(H,15,16). The Balaban J connectivity index is 3.13. The average molecular weight is 259 g/mol. The number of aliphatic hydroxyl groups is 1. The fourth-order valence-electron chi connectivity index (χ4n) is 1.66. The summed E-state index contributed by atoms with van der Waals surface area (Å²) in [5, 5.41) is 12.3. The van der Waals surface area contributed by atoms with Crippen LogP contribution < -0.4 is 10.2 Å². The molecule has 6 heteroatoms. The van der Waals surface area contributed by atoms with Gasteiger partial charge in [-0.05, 0) is 20.8 Å². The van der Waals surface area contributed by atoms with Gasteiger partial charge in [0.25, 0.3) is 0 Å². The number of hydrogen-bond acceptors (Lipinski definition) is 4. The van der Waals surface area contributed by atoms with Crippen molar-refractivity contribution in [1.82, 2.24) is 4.98 Å². The second-order valence-electron chi connectivity index (χ2n) is 4.70. The summed E-state index contributed by atoms with van der Waals surface area (Å²) in [6.07, 6.45) is 0. The molecule has 0 aromatic carbocycles. The summed E-state index contributed by atoms with van der Waals surface area (Å²) < 4.78 is 27.0. The van der Waals surface area contributed by atoms with Crippen molar-refractivity contribution >= 4 is 11.6 Å². The number of nitrogens with zero attached hydrogens (tertiary/aromatic N) is 2. The van der Waals surface area contributed by atoms with Crippen molar-refractivity contribution in [1.29, 1.82) is 0 Å². The number of hydrogen-bond donors (Lipinski definition) is 2. The summed E-state index contributed by atoms with van der Waals surface area (Å²) in [5.74, 6) is -1.46. The highest BCUT2D eigenvalue weighted by Crippen LogP contribution is 2.23. The van der Waals surface area contributed by atoms with E-state index >= 15 is 0 Å². The third-order valence-corrected chi connectivity index (χ3v) is 2.41. The van der Waals surface area contributed by atoms with Crippen LogP contribution in [0.25, 0.3) is 0 Å². The van der Waals surface area contributed by atoms with Gasteiger partial charge in [0.05, 0.1) is 5.60 Å². The van der Waals surface area contributed by atoms with Crippen molar-refractivity contribution in [3.63, 3.8) is 0 Å². The van der Waals surface area contributed by atoms with Gasteiger partial charge in [0.1, 0.15) is 0 Å². The second-order valence-corrected chi connectivity index (χ2v) is 4.70. The zero-order valence-electron chi connectivity index (χ0n) is 11.1. The van der Waals surface area contributed by atoms with Gasteiger partial charge >= 0.3 is 0 Å². The van der Waals surface area contributed by atoms with Crippen LogP contribution in [-0.4, -0.2) is 35.8 Å². The maximum Gasteiger partial charge on any atom is 0.168 e. The van der Waals surface area contributed by atoms with E-state index in [-0.39, 0.29) is 18.2 Å². The van der Waals surface area contributed by atoms with Crippen LogP contribution in [0.1, 0.15) is 20.8 Å². The lowest BCUT2D eigenvalue weighted by molar-refractivity contribution is 0.0872. The molecule has 1 aromatic rings. The Kier molecular flexibility index (Phi) is 4.45. The van der Waals surface area contributed by atoms with Crippen molar-refractivity contribution in [3.05, 3.63) is 17.7 Å². The Morgan fingerprint density at radius 1 is 1.39 bits per heavy atom. The highest BCUT2D eigenvalue weighted by Gasteiger charge is 2.22. The Morgan fingerprint density at radius 2 is 2.00 bits per heavy atom. The van der Waals surface area contributed by atoms with E-state index in [1.54, 1.807) is 18.7 Å². The molecule has 0 saturated carbocycles. The molecule has 4 nitrogen and oxygen atoms in total. The minimum absolute atomic E-state index is 0.0133. The number of aromatic nitrogens is 1. The van der Waals surface area contributed by atoms with Crippen molar-refractivity contribution in [3.8, 4) is 0 Å². The maximum atomic E-state index is 13.7. The minimum Gasteiger partial charge on any atom is -0.389 e. The first-order chi connectivity index (χ1) is 8.28. The Labute approximate surface area is 106 Å². The lowest BCUT2D eigenvalue weighted by Crippen LogP contribution is -2.39. The fourth-order valence-corrected chi connectivity index (χ4v) is 1.66. The molecule has 0 aliphatic carbocycles. The molecule has 102 valence electrons. The summed E-state index contributed by atoms with van der Waals surface area (Å²) in [5.41, 5.74) is -0.988. The fraction of sp³-hybridized carbons (Fsp3) is 0.583. The first-order valence-corrected chi connectivity index (χ1v) is 5.79. The second kappa shape index (κ2) is 5.48. The first-order valence-electron chi connectivity index (χ1n) is 5.79. The highest BCUT2D eigenvalue weighted by atomic mass is 19.1. The lowest BCUT2D eigenvalue weighted by atomic mass is 10.1. The van der Waals surface area contributed by atoms with Gasteiger partial charge in [0.2, 0.25) is 0 Å². The summed E-state index contributed by atoms with van der Waals surface area (Å²) in [6, 6.07) is 0.793. The first kappa shape index (κ1) is 14.6. The molecule has 2 N–H and O–H groups in total. The van der Waals surface area contributed by atoms with Crippen LogP contribution in [-0.2, 0) is 0 Å². The van der Waals surface area contributed by atoms with E-state index < -0.39 is 17.2 Å². The van der Waals surface area contributed by atoms with Crippen LogP contribution in [0.5, 0.6) is 0 Å². The normalized spacial score (nSPS) is 11.5. The number of anilines is 2. The van der Waals surface area contributed by atoms with Gasteiger partial charge in [0, 0.05) is 26.2 Å². The van der Waals surface area contributed by atoms with Gasteiger partial charge in [-0.2, -0.15) is 0 Å². The molecule has 1 heterocycles. The van der Waals surface area contributed by atoms with Crippen molar-refractivity contribution in [2.45, 2.75) is 26.4 Å². The quantitative estimate of drug-likeness (QED) is 0.849. The summed E-state index contributed by atoms with van der Waals surface area (Å²) >= 11 is 0. The molecule has 0 fully saturated rings. The lowest BCUT2D eigenvalue weighted by Gasteiger charge is -2.29. The molecule has 0 atom stereocenters. The zero-order chi connectivity index (χ0) is 13.9. The topological polar surface area (TPSA) is 48.4 Å². The molecule has 0 bridgehead atoms. The molecule has 0 spiro atoms. The number of pyridine rings is 1. The summed E-state index contributed by atoms with van der Waals surface area (Å²) in [7, 11) is 1.51. The number of rotatable bonds is 5. The van der Waals surface area contributed by atoms with Crippen molar-refractivity contribution < 1.29 is 13.9 Å². The number of likely N-dealkylation sites (N-methyl/N-ethyl adjacent to an activating group) is 1. The molecule has 1 rings (SSSR count). The van der Waals surface area contributed by atoms with E-state index in [4.69, 9.17) is 0 Å². The Morgan fingerprint density at radius 3 is 2.44 bits per heavy atom. The molecule has 0 aliphatic heterocycles. The Bertz CT molecular complexity index is 419. The predicted octanol–water partition coefficient (Wildman–Crippen LogP) is 2.00. The van der Waals surface area contributed by atoms with E-state index in [2.05, 4.69) is 10.3 Å². The minimum atomic E-state index is -0.988. The van der Waals surface area contributed by atoms with Crippen molar-refractivity contribution in [2.75, 3.05) is 30.4 Å². The van der Waals surface area contributed by atoms with Gasteiger partial charge in [0.15, 0.2) is 23.3 Å². The maximum absolute atomic E-state index is 13.7.